The van der Waals surface area contributed by atoms with Crippen LogP contribution >= 0.6 is 15.9 Å². The molecule has 5 heteroatoms. The van der Waals surface area contributed by atoms with E-state index in [0.717, 1.165) is 5.33 Å². The molecule has 0 aliphatic rings. The summed E-state index contributed by atoms with van der Waals surface area (Å²) in [4.78, 5) is 0. The number of hydrogen-bond acceptors (Lipinski definition) is 2. The van der Waals surface area contributed by atoms with Gasteiger partial charge in [-0.3, -0.25) is 0 Å². The van der Waals surface area contributed by atoms with Crippen molar-refractivity contribution in [2.75, 3.05) is 11.6 Å². The van der Waals surface area contributed by atoms with Gasteiger partial charge in [0.15, 0.2) is 0 Å². The van der Waals surface area contributed by atoms with Crippen LogP contribution in [0, 0.1) is 5.92 Å². The average Bonchev–Trinajstić information content (AvgIpc) is 1.82. The Balaban J connectivity index is 3.98. The second-order valence-electron chi connectivity index (χ2n) is 2.81. The van der Waals surface area contributed by atoms with Gasteiger partial charge >= 0.3 is 0 Å². The van der Waals surface area contributed by atoms with Crippen LogP contribution in [0.25, 0.3) is 0 Å². The number of halogens is 1. The maximum absolute atomic E-state index is 10.7. The molecular weight excluding hydrogens is 230 g/mol. The molecule has 2 atom stereocenters. The minimum Gasteiger partial charge on any atom is -0.213 e. The maximum atomic E-state index is 10.7. The first-order valence-corrected chi connectivity index (χ1v) is 6.41. The fourth-order valence-corrected chi connectivity index (χ4v) is 2.06. The Morgan fingerprint density at radius 3 is 2.18 bits per heavy atom. The number of sulfonamides is 1. The van der Waals surface area contributed by atoms with Gasteiger partial charge < -0.3 is 0 Å². The van der Waals surface area contributed by atoms with Crippen molar-refractivity contribution in [3.63, 3.8) is 0 Å². The van der Waals surface area contributed by atoms with Crippen LogP contribution in [-0.2, 0) is 10.0 Å². The predicted molar refractivity (Wildman–Crippen MR) is 50.4 cm³/mol. The largest absolute Gasteiger partial charge is 0.213 e. The van der Waals surface area contributed by atoms with Crippen LogP contribution in [0.1, 0.15) is 13.8 Å². The summed E-state index contributed by atoms with van der Waals surface area (Å²) in [5.74, 6) is 0.310. The van der Waals surface area contributed by atoms with Gasteiger partial charge in [0.1, 0.15) is 0 Å². The lowest BCUT2D eigenvalue weighted by atomic mass is 10.1. The summed E-state index contributed by atoms with van der Waals surface area (Å²) in [5.41, 5.74) is 0. The maximum Gasteiger partial charge on any atom is 0.208 e. The van der Waals surface area contributed by atoms with Crippen molar-refractivity contribution in [1.82, 2.24) is 4.72 Å². The molecule has 0 aromatic heterocycles. The quantitative estimate of drug-likeness (QED) is 0.748. The zero-order valence-electron chi connectivity index (χ0n) is 6.96. The molecule has 0 bridgehead atoms. The van der Waals surface area contributed by atoms with Crippen LogP contribution in [0.2, 0.25) is 0 Å². The van der Waals surface area contributed by atoms with E-state index in [-0.39, 0.29) is 6.04 Å². The van der Waals surface area contributed by atoms with Crippen LogP contribution in [0.3, 0.4) is 0 Å². The topological polar surface area (TPSA) is 46.2 Å². The molecule has 68 valence electrons. The van der Waals surface area contributed by atoms with E-state index in [9.17, 15) is 8.42 Å². The summed E-state index contributed by atoms with van der Waals surface area (Å²) < 4.78 is 24.0. The molecule has 0 aliphatic heterocycles. The summed E-state index contributed by atoms with van der Waals surface area (Å²) in [6.45, 7) is 3.84. The summed E-state index contributed by atoms with van der Waals surface area (Å²) in [5, 5.41) is 0.802. The Hall–Kier alpha value is 0.390. The van der Waals surface area contributed by atoms with Crippen molar-refractivity contribution < 1.29 is 8.42 Å². The fourth-order valence-electron chi connectivity index (χ4n) is 0.587. The van der Waals surface area contributed by atoms with E-state index in [1.54, 1.807) is 0 Å². The van der Waals surface area contributed by atoms with Gasteiger partial charge in [0.05, 0.1) is 6.26 Å². The monoisotopic (exact) mass is 243 g/mol. The molecule has 0 fully saturated rings. The highest BCUT2D eigenvalue weighted by Crippen LogP contribution is 2.06. The normalized spacial score (nSPS) is 17.8. The molecule has 0 spiro atoms. The van der Waals surface area contributed by atoms with Gasteiger partial charge in [-0.25, -0.2) is 13.1 Å². The highest BCUT2D eigenvalue weighted by atomic mass is 79.9. The van der Waals surface area contributed by atoms with Gasteiger partial charge in [-0.05, 0) is 12.8 Å². The van der Waals surface area contributed by atoms with E-state index < -0.39 is 10.0 Å². The Labute approximate surface area is 76.7 Å². The number of alkyl halides is 1. The fraction of sp³-hybridized carbons (Fsp3) is 1.00. The standard InChI is InChI=1S/C6H14BrNO2S/c1-5(4-7)6(2)8-11(3,9)10/h5-6,8H,4H2,1-3H3. The Bertz CT molecular complexity index is 203. The first kappa shape index (κ1) is 11.4. The molecule has 0 aliphatic carbocycles. The Morgan fingerprint density at radius 2 is 1.91 bits per heavy atom. The number of rotatable bonds is 4. The molecule has 0 heterocycles. The van der Waals surface area contributed by atoms with Crippen molar-refractivity contribution in [3.05, 3.63) is 0 Å². The average molecular weight is 244 g/mol. The van der Waals surface area contributed by atoms with Crippen molar-refractivity contribution in [2.45, 2.75) is 19.9 Å². The summed E-state index contributed by atoms with van der Waals surface area (Å²) >= 11 is 3.29. The molecular formula is C6H14BrNO2S. The third kappa shape index (κ3) is 5.64. The molecule has 0 saturated carbocycles. The molecule has 3 nitrogen and oxygen atoms in total. The van der Waals surface area contributed by atoms with Crippen molar-refractivity contribution in [2.24, 2.45) is 5.92 Å². The van der Waals surface area contributed by atoms with Gasteiger partial charge in [-0.2, -0.15) is 0 Å². The van der Waals surface area contributed by atoms with Crippen LogP contribution in [0.15, 0.2) is 0 Å². The van der Waals surface area contributed by atoms with Crippen LogP contribution in [0.4, 0.5) is 0 Å². The first-order valence-electron chi connectivity index (χ1n) is 3.40. The molecule has 0 rings (SSSR count). The third-order valence-corrected chi connectivity index (χ3v) is 3.32. The molecule has 11 heavy (non-hydrogen) atoms. The molecule has 1 N–H and O–H groups in total. The van der Waals surface area contributed by atoms with E-state index in [1.165, 1.54) is 6.26 Å². The van der Waals surface area contributed by atoms with E-state index >= 15 is 0 Å². The van der Waals surface area contributed by atoms with E-state index in [0.29, 0.717) is 5.92 Å². The lowest BCUT2D eigenvalue weighted by Crippen LogP contribution is -2.36. The predicted octanol–water partition coefficient (Wildman–Crippen LogP) is 0.955. The smallest absolute Gasteiger partial charge is 0.208 e. The number of hydrogen-bond donors (Lipinski definition) is 1. The third-order valence-electron chi connectivity index (χ3n) is 1.50. The summed E-state index contributed by atoms with van der Waals surface area (Å²) in [6.07, 6.45) is 1.17. The summed E-state index contributed by atoms with van der Waals surface area (Å²) in [7, 11) is -3.05. The molecule has 0 radical (unpaired) electrons. The van der Waals surface area contributed by atoms with Gasteiger partial charge in [0.2, 0.25) is 10.0 Å². The van der Waals surface area contributed by atoms with Crippen molar-refractivity contribution in [3.8, 4) is 0 Å². The lowest BCUT2D eigenvalue weighted by Gasteiger charge is -2.17. The van der Waals surface area contributed by atoms with Gasteiger partial charge in [0.25, 0.3) is 0 Å². The Kier molecular flexibility index (Phi) is 4.58. The highest BCUT2D eigenvalue weighted by Gasteiger charge is 2.14. The Morgan fingerprint density at radius 1 is 1.45 bits per heavy atom. The van der Waals surface area contributed by atoms with E-state index in [1.807, 2.05) is 13.8 Å². The van der Waals surface area contributed by atoms with E-state index in [2.05, 4.69) is 20.7 Å². The van der Waals surface area contributed by atoms with E-state index in [4.69, 9.17) is 0 Å². The van der Waals surface area contributed by atoms with Crippen LogP contribution in [0.5, 0.6) is 0 Å². The molecule has 0 saturated heterocycles. The minimum atomic E-state index is -3.05. The van der Waals surface area contributed by atoms with Crippen molar-refractivity contribution in [1.29, 1.82) is 0 Å². The first-order chi connectivity index (χ1) is 4.87. The van der Waals surface area contributed by atoms with Crippen LogP contribution in [-0.4, -0.2) is 26.0 Å². The molecule has 0 amide bonds. The number of nitrogens with one attached hydrogen (secondary N) is 1. The molecule has 0 aromatic carbocycles. The lowest BCUT2D eigenvalue weighted by molar-refractivity contribution is 0.486. The zero-order chi connectivity index (χ0) is 9.07. The highest BCUT2D eigenvalue weighted by molar-refractivity contribution is 9.09. The second kappa shape index (κ2) is 4.42. The second-order valence-corrected chi connectivity index (χ2v) is 5.24. The van der Waals surface area contributed by atoms with Crippen LogP contribution < -0.4 is 4.72 Å². The minimum absolute atomic E-state index is 0.00984. The molecule has 2 unspecified atom stereocenters. The SMILES string of the molecule is CC(CBr)C(C)NS(C)(=O)=O. The van der Waals surface area contributed by atoms with Crippen molar-refractivity contribution >= 4 is 26.0 Å². The zero-order valence-corrected chi connectivity index (χ0v) is 9.37. The van der Waals surface area contributed by atoms with Gasteiger partial charge in [-0.15, -0.1) is 0 Å². The van der Waals surface area contributed by atoms with Gasteiger partial charge in [-0.1, -0.05) is 22.9 Å². The van der Waals surface area contributed by atoms with Gasteiger partial charge in [0, 0.05) is 11.4 Å². The molecule has 0 aromatic rings. The summed E-state index contributed by atoms with van der Waals surface area (Å²) in [6, 6.07) is -0.00984.